The molecule has 1 aliphatic rings. The van der Waals surface area contributed by atoms with E-state index in [9.17, 15) is 0 Å². The Hall–Kier alpha value is -1.39. The average molecular weight is 273 g/mol. The van der Waals surface area contributed by atoms with Crippen LogP contribution in [0.25, 0.3) is 11.0 Å². The smallest absolute Gasteiger partial charge is 0.110 e. The van der Waals surface area contributed by atoms with Gasteiger partial charge in [0.1, 0.15) is 5.82 Å². The summed E-state index contributed by atoms with van der Waals surface area (Å²) in [6, 6.07) is 9.01. The number of hydrogen-bond acceptors (Lipinski definition) is 3. The molecule has 0 unspecified atom stereocenters. The molecule has 108 valence electrons. The fraction of sp³-hybridized carbons (Fsp3) is 0.562. The molecular weight excluding hydrogens is 250 g/mol. The molecule has 1 N–H and O–H groups in total. The lowest BCUT2D eigenvalue weighted by Gasteiger charge is -2.26. The maximum absolute atomic E-state index is 5.17. The third kappa shape index (κ3) is 2.72. The molecular formula is C16H23N3O. The number of methoxy groups -OCH3 is 1. The van der Waals surface area contributed by atoms with Gasteiger partial charge in [0.25, 0.3) is 0 Å². The molecule has 4 heteroatoms. The lowest BCUT2D eigenvalue weighted by Crippen LogP contribution is -2.32. The van der Waals surface area contributed by atoms with Gasteiger partial charge in [-0.2, -0.15) is 0 Å². The number of nitrogens with one attached hydrogen (secondary N) is 1. The molecule has 1 fully saturated rings. The predicted molar refractivity (Wildman–Crippen MR) is 81.1 cm³/mol. The SMILES string of the molecule is COCCCc1nc2ccccc2n1[C@@H]1CCCNC1. The summed E-state index contributed by atoms with van der Waals surface area (Å²) in [4.78, 5) is 4.84. The number of fused-ring (bicyclic) bond motifs is 1. The van der Waals surface area contributed by atoms with Crippen molar-refractivity contribution in [1.29, 1.82) is 0 Å². The number of benzene rings is 1. The van der Waals surface area contributed by atoms with Crippen LogP contribution in [0.15, 0.2) is 24.3 Å². The summed E-state index contributed by atoms with van der Waals surface area (Å²) < 4.78 is 7.63. The lowest BCUT2D eigenvalue weighted by atomic mass is 10.1. The van der Waals surface area contributed by atoms with Crippen molar-refractivity contribution in [2.24, 2.45) is 0 Å². The van der Waals surface area contributed by atoms with E-state index in [1.54, 1.807) is 7.11 Å². The monoisotopic (exact) mass is 273 g/mol. The van der Waals surface area contributed by atoms with E-state index in [1.165, 1.54) is 24.2 Å². The fourth-order valence-corrected chi connectivity index (χ4v) is 3.11. The summed E-state index contributed by atoms with van der Waals surface area (Å²) in [7, 11) is 1.76. The number of ether oxygens (including phenoxy) is 1. The van der Waals surface area contributed by atoms with Gasteiger partial charge in [-0.15, -0.1) is 0 Å². The first-order valence-corrected chi connectivity index (χ1v) is 7.55. The zero-order valence-corrected chi connectivity index (χ0v) is 12.1. The molecule has 2 aromatic rings. The van der Waals surface area contributed by atoms with Gasteiger partial charge in [0, 0.05) is 32.7 Å². The van der Waals surface area contributed by atoms with E-state index in [4.69, 9.17) is 9.72 Å². The van der Waals surface area contributed by atoms with Gasteiger partial charge in [-0.05, 0) is 37.9 Å². The van der Waals surface area contributed by atoms with Crippen molar-refractivity contribution in [2.75, 3.05) is 26.8 Å². The molecule has 1 aliphatic heterocycles. The number of imidazole rings is 1. The van der Waals surface area contributed by atoms with Gasteiger partial charge < -0.3 is 14.6 Å². The molecule has 2 heterocycles. The van der Waals surface area contributed by atoms with Gasteiger partial charge in [0.15, 0.2) is 0 Å². The zero-order chi connectivity index (χ0) is 13.8. The normalized spacial score (nSPS) is 19.6. The fourth-order valence-electron chi connectivity index (χ4n) is 3.11. The number of nitrogens with zero attached hydrogens (tertiary/aromatic N) is 2. The van der Waals surface area contributed by atoms with Gasteiger partial charge in [-0.25, -0.2) is 4.98 Å². The first-order chi connectivity index (χ1) is 9.90. The van der Waals surface area contributed by atoms with Gasteiger partial charge in [0.2, 0.25) is 0 Å². The van der Waals surface area contributed by atoms with Crippen LogP contribution < -0.4 is 5.32 Å². The quantitative estimate of drug-likeness (QED) is 0.851. The summed E-state index contributed by atoms with van der Waals surface area (Å²) in [6.07, 6.45) is 4.50. The van der Waals surface area contributed by atoms with Crippen LogP contribution in [-0.4, -0.2) is 36.4 Å². The van der Waals surface area contributed by atoms with E-state index in [1.807, 2.05) is 0 Å². The van der Waals surface area contributed by atoms with Crippen molar-refractivity contribution in [2.45, 2.75) is 31.7 Å². The van der Waals surface area contributed by atoms with E-state index in [0.717, 1.165) is 38.1 Å². The van der Waals surface area contributed by atoms with E-state index >= 15 is 0 Å². The summed E-state index contributed by atoms with van der Waals surface area (Å²) in [6.45, 7) is 2.99. The minimum absolute atomic E-state index is 0.536. The third-order valence-electron chi connectivity index (χ3n) is 4.05. The van der Waals surface area contributed by atoms with Gasteiger partial charge in [-0.3, -0.25) is 0 Å². The predicted octanol–water partition coefficient (Wildman–Crippen LogP) is 2.54. The van der Waals surface area contributed by atoms with Crippen LogP contribution in [0.4, 0.5) is 0 Å². The highest BCUT2D eigenvalue weighted by Gasteiger charge is 2.20. The molecule has 1 aromatic carbocycles. The van der Waals surface area contributed by atoms with Crippen LogP contribution in [0.5, 0.6) is 0 Å². The molecule has 1 aromatic heterocycles. The maximum Gasteiger partial charge on any atom is 0.110 e. The van der Waals surface area contributed by atoms with E-state index in [-0.39, 0.29) is 0 Å². The van der Waals surface area contributed by atoms with Gasteiger partial charge >= 0.3 is 0 Å². The van der Waals surface area contributed by atoms with Crippen LogP contribution in [0.3, 0.4) is 0 Å². The highest BCUT2D eigenvalue weighted by atomic mass is 16.5. The van der Waals surface area contributed by atoms with Crippen LogP contribution in [0.1, 0.15) is 31.1 Å². The number of aryl methyl sites for hydroxylation is 1. The topological polar surface area (TPSA) is 39.1 Å². The Labute approximate surface area is 120 Å². The minimum atomic E-state index is 0.536. The number of aromatic nitrogens is 2. The van der Waals surface area contributed by atoms with Crippen molar-refractivity contribution in [3.05, 3.63) is 30.1 Å². The maximum atomic E-state index is 5.17. The van der Waals surface area contributed by atoms with Crippen LogP contribution in [0.2, 0.25) is 0 Å². The van der Waals surface area contributed by atoms with Crippen molar-refractivity contribution in [1.82, 2.24) is 14.9 Å². The lowest BCUT2D eigenvalue weighted by molar-refractivity contribution is 0.194. The van der Waals surface area contributed by atoms with Crippen molar-refractivity contribution >= 4 is 11.0 Å². The first-order valence-electron chi connectivity index (χ1n) is 7.55. The van der Waals surface area contributed by atoms with Crippen LogP contribution >= 0.6 is 0 Å². The summed E-state index contributed by atoms with van der Waals surface area (Å²) in [5.74, 6) is 1.21. The van der Waals surface area contributed by atoms with E-state index in [0.29, 0.717) is 6.04 Å². The van der Waals surface area contributed by atoms with E-state index < -0.39 is 0 Å². The standard InChI is InChI=1S/C16H23N3O/c1-20-11-5-9-16-18-14-7-2-3-8-15(14)19(16)13-6-4-10-17-12-13/h2-3,7-8,13,17H,4-6,9-12H2,1H3/t13-/m1/s1. The number of piperidine rings is 1. The van der Waals surface area contributed by atoms with Crippen molar-refractivity contribution < 1.29 is 4.74 Å². The molecule has 0 bridgehead atoms. The van der Waals surface area contributed by atoms with Crippen molar-refractivity contribution in [3.63, 3.8) is 0 Å². The Morgan fingerprint density at radius 3 is 3.10 bits per heavy atom. The highest BCUT2D eigenvalue weighted by molar-refractivity contribution is 5.76. The summed E-state index contributed by atoms with van der Waals surface area (Å²) >= 11 is 0. The second-order valence-corrected chi connectivity index (χ2v) is 5.48. The van der Waals surface area contributed by atoms with Crippen LogP contribution in [-0.2, 0) is 11.2 Å². The molecule has 3 rings (SSSR count). The molecule has 0 aliphatic carbocycles. The zero-order valence-electron chi connectivity index (χ0n) is 12.1. The Bertz CT molecular complexity index is 558. The second kappa shape index (κ2) is 6.37. The average Bonchev–Trinajstić information content (AvgIpc) is 2.86. The molecule has 1 atom stereocenters. The first kappa shape index (κ1) is 13.6. The van der Waals surface area contributed by atoms with E-state index in [2.05, 4.69) is 34.1 Å². The minimum Gasteiger partial charge on any atom is -0.385 e. The van der Waals surface area contributed by atoms with Crippen molar-refractivity contribution in [3.8, 4) is 0 Å². The van der Waals surface area contributed by atoms with Gasteiger partial charge in [-0.1, -0.05) is 12.1 Å². The summed E-state index contributed by atoms with van der Waals surface area (Å²) in [5.41, 5.74) is 2.39. The number of rotatable bonds is 5. The molecule has 0 amide bonds. The molecule has 20 heavy (non-hydrogen) atoms. The third-order valence-corrected chi connectivity index (χ3v) is 4.05. The molecule has 0 spiro atoms. The Morgan fingerprint density at radius 2 is 2.30 bits per heavy atom. The molecule has 0 saturated carbocycles. The molecule has 4 nitrogen and oxygen atoms in total. The Balaban J connectivity index is 1.94. The largest absolute Gasteiger partial charge is 0.385 e. The van der Waals surface area contributed by atoms with Crippen LogP contribution in [0, 0.1) is 0 Å². The Morgan fingerprint density at radius 1 is 1.40 bits per heavy atom. The molecule has 0 radical (unpaired) electrons. The second-order valence-electron chi connectivity index (χ2n) is 5.48. The Kier molecular flexibility index (Phi) is 4.33. The molecule has 1 saturated heterocycles. The number of hydrogen-bond donors (Lipinski definition) is 1. The summed E-state index contributed by atoms with van der Waals surface area (Å²) in [5, 5.41) is 3.51. The number of para-hydroxylation sites is 2. The van der Waals surface area contributed by atoms with Gasteiger partial charge in [0.05, 0.1) is 11.0 Å². The highest BCUT2D eigenvalue weighted by Crippen LogP contribution is 2.26.